The third-order valence-electron chi connectivity index (χ3n) is 4.16. The molecule has 2 atom stereocenters. The highest BCUT2D eigenvalue weighted by molar-refractivity contribution is 5.88. The number of carboxylic acid groups (broad SMARTS) is 1. The Kier molecular flexibility index (Phi) is 5.01. The Hall–Kier alpha value is -1.99. The van der Waals surface area contributed by atoms with Crippen LogP contribution >= 0.6 is 0 Å². The standard InChI is InChI=1S/C15H18F3NO4/c1-8-11(14(21)22)6-9(23-8)7-19-13(20)10-4-2-3-5-12(10)15(16,17)18/h6,10,12H,2-5,7H2,1H3,(H,19,20)(H,21,22). The lowest BCUT2D eigenvalue weighted by Gasteiger charge is -2.31. The first-order chi connectivity index (χ1) is 10.7. The maximum absolute atomic E-state index is 13.0. The van der Waals surface area contributed by atoms with Gasteiger partial charge in [0, 0.05) is 5.92 Å². The molecule has 2 N–H and O–H groups in total. The number of furan rings is 1. The second-order valence-corrected chi connectivity index (χ2v) is 5.74. The number of carbonyl (C=O) groups is 2. The van der Waals surface area contributed by atoms with Gasteiger partial charge in [0.1, 0.15) is 17.1 Å². The van der Waals surface area contributed by atoms with Gasteiger partial charge in [0.05, 0.1) is 12.5 Å². The average Bonchev–Trinajstić information content (AvgIpc) is 2.85. The van der Waals surface area contributed by atoms with Crippen LogP contribution < -0.4 is 5.32 Å². The van der Waals surface area contributed by atoms with Crippen molar-refractivity contribution in [1.29, 1.82) is 0 Å². The molecule has 1 saturated carbocycles. The van der Waals surface area contributed by atoms with Crippen molar-refractivity contribution in [2.45, 2.75) is 45.3 Å². The molecule has 1 amide bonds. The molecular formula is C15H18F3NO4. The van der Waals surface area contributed by atoms with Gasteiger partial charge in [0.2, 0.25) is 5.91 Å². The molecule has 1 aliphatic carbocycles. The summed E-state index contributed by atoms with van der Waals surface area (Å²) in [6.45, 7) is 1.34. The van der Waals surface area contributed by atoms with Crippen molar-refractivity contribution in [1.82, 2.24) is 5.32 Å². The first-order valence-corrected chi connectivity index (χ1v) is 7.37. The Balaban J connectivity index is 2.01. The fraction of sp³-hybridized carbons (Fsp3) is 0.600. The molecule has 23 heavy (non-hydrogen) atoms. The van der Waals surface area contributed by atoms with E-state index >= 15 is 0 Å². The highest BCUT2D eigenvalue weighted by atomic mass is 19.4. The number of alkyl halides is 3. The number of hydrogen-bond acceptors (Lipinski definition) is 3. The van der Waals surface area contributed by atoms with Gasteiger partial charge in [-0.25, -0.2) is 4.79 Å². The van der Waals surface area contributed by atoms with Crippen LogP contribution in [-0.2, 0) is 11.3 Å². The van der Waals surface area contributed by atoms with E-state index in [-0.39, 0.29) is 36.5 Å². The van der Waals surface area contributed by atoms with Crippen molar-refractivity contribution >= 4 is 11.9 Å². The summed E-state index contributed by atoms with van der Waals surface area (Å²) in [5.74, 6) is -4.16. The first-order valence-electron chi connectivity index (χ1n) is 7.37. The molecule has 1 fully saturated rings. The number of aromatic carboxylic acids is 1. The van der Waals surface area contributed by atoms with Crippen molar-refractivity contribution in [3.05, 3.63) is 23.2 Å². The summed E-state index contributed by atoms with van der Waals surface area (Å²) >= 11 is 0. The van der Waals surface area contributed by atoms with E-state index in [4.69, 9.17) is 9.52 Å². The van der Waals surface area contributed by atoms with Crippen molar-refractivity contribution < 1.29 is 32.3 Å². The van der Waals surface area contributed by atoms with Gasteiger partial charge >= 0.3 is 12.1 Å². The highest BCUT2D eigenvalue weighted by Crippen LogP contribution is 2.41. The summed E-state index contributed by atoms with van der Waals surface area (Å²) in [4.78, 5) is 23.0. The Morgan fingerprint density at radius 1 is 1.35 bits per heavy atom. The summed E-state index contributed by atoms with van der Waals surface area (Å²) in [5, 5.41) is 11.3. The van der Waals surface area contributed by atoms with Gasteiger partial charge in [0.15, 0.2) is 0 Å². The third-order valence-corrected chi connectivity index (χ3v) is 4.16. The van der Waals surface area contributed by atoms with Gasteiger partial charge in [-0.3, -0.25) is 4.79 Å². The zero-order valence-electron chi connectivity index (χ0n) is 12.6. The largest absolute Gasteiger partial charge is 0.478 e. The van der Waals surface area contributed by atoms with Crippen LogP contribution in [0.25, 0.3) is 0 Å². The van der Waals surface area contributed by atoms with E-state index < -0.39 is 29.9 Å². The van der Waals surface area contributed by atoms with Crippen LogP contribution in [0.4, 0.5) is 13.2 Å². The average molecular weight is 333 g/mol. The molecule has 128 valence electrons. The predicted octanol–water partition coefficient (Wildman–Crippen LogP) is 3.27. The second-order valence-electron chi connectivity index (χ2n) is 5.74. The van der Waals surface area contributed by atoms with Gasteiger partial charge in [-0.15, -0.1) is 0 Å². The quantitative estimate of drug-likeness (QED) is 0.886. The third kappa shape index (κ3) is 4.05. The van der Waals surface area contributed by atoms with Gasteiger partial charge in [-0.05, 0) is 25.8 Å². The minimum atomic E-state index is -4.39. The van der Waals surface area contributed by atoms with Crippen LogP contribution in [0, 0.1) is 18.8 Å². The Labute approximate surface area is 130 Å². The maximum Gasteiger partial charge on any atom is 0.392 e. The molecule has 1 heterocycles. The molecule has 2 unspecified atom stereocenters. The van der Waals surface area contributed by atoms with Crippen LogP contribution in [0.1, 0.15) is 47.6 Å². The van der Waals surface area contributed by atoms with Crippen molar-refractivity contribution in [3.63, 3.8) is 0 Å². The molecule has 0 aromatic carbocycles. The van der Waals surface area contributed by atoms with Gasteiger partial charge in [-0.2, -0.15) is 13.2 Å². The number of carbonyl (C=O) groups excluding carboxylic acids is 1. The predicted molar refractivity (Wildman–Crippen MR) is 73.8 cm³/mol. The lowest BCUT2D eigenvalue weighted by atomic mass is 9.78. The number of nitrogens with one attached hydrogen (secondary N) is 1. The lowest BCUT2D eigenvalue weighted by molar-refractivity contribution is -0.198. The van der Waals surface area contributed by atoms with Crippen LogP contribution in [0.5, 0.6) is 0 Å². The summed E-state index contributed by atoms with van der Waals surface area (Å²) in [6.07, 6.45) is -3.17. The van der Waals surface area contributed by atoms with Crippen molar-refractivity contribution in [2.75, 3.05) is 0 Å². The monoisotopic (exact) mass is 333 g/mol. The fourth-order valence-electron chi connectivity index (χ4n) is 2.98. The number of halogens is 3. The molecule has 0 bridgehead atoms. The molecule has 0 aliphatic heterocycles. The number of amides is 1. The van der Waals surface area contributed by atoms with E-state index in [0.29, 0.717) is 12.8 Å². The Morgan fingerprint density at radius 3 is 2.57 bits per heavy atom. The molecule has 1 aromatic rings. The number of carboxylic acids is 1. The molecule has 8 heteroatoms. The maximum atomic E-state index is 13.0. The van der Waals surface area contributed by atoms with Gasteiger partial charge in [0.25, 0.3) is 0 Å². The Morgan fingerprint density at radius 2 is 2.00 bits per heavy atom. The zero-order chi connectivity index (χ0) is 17.2. The van der Waals surface area contributed by atoms with E-state index in [1.54, 1.807) is 0 Å². The van der Waals surface area contributed by atoms with Crippen LogP contribution in [0.3, 0.4) is 0 Å². The Bertz CT molecular complexity index is 594. The van der Waals surface area contributed by atoms with Crippen molar-refractivity contribution in [3.8, 4) is 0 Å². The number of rotatable bonds is 4. The molecule has 0 radical (unpaired) electrons. The molecule has 0 spiro atoms. The van der Waals surface area contributed by atoms with E-state index in [1.807, 2.05) is 0 Å². The second kappa shape index (κ2) is 6.64. The summed E-state index contributed by atoms with van der Waals surface area (Å²) in [5.41, 5.74) is -0.0277. The number of aryl methyl sites for hydroxylation is 1. The molecule has 0 saturated heterocycles. The number of hydrogen-bond donors (Lipinski definition) is 2. The normalized spacial score (nSPS) is 21.9. The van der Waals surface area contributed by atoms with Crippen molar-refractivity contribution in [2.24, 2.45) is 11.8 Å². The summed E-state index contributed by atoms with van der Waals surface area (Å²) in [7, 11) is 0. The van der Waals surface area contributed by atoms with E-state index in [9.17, 15) is 22.8 Å². The molecule has 2 rings (SSSR count). The summed E-state index contributed by atoms with van der Waals surface area (Å²) in [6, 6.07) is 1.26. The fourth-order valence-corrected chi connectivity index (χ4v) is 2.98. The molecular weight excluding hydrogens is 315 g/mol. The minimum absolute atomic E-state index is 0.0277. The smallest absolute Gasteiger partial charge is 0.392 e. The highest BCUT2D eigenvalue weighted by Gasteiger charge is 2.47. The van der Waals surface area contributed by atoms with Gasteiger partial charge in [-0.1, -0.05) is 12.8 Å². The van der Waals surface area contributed by atoms with Crippen LogP contribution in [-0.4, -0.2) is 23.2 Å². The van der Waals surface area contributed by atoms with E-state index in [1.165, 1.54) is 13.0 Å². The van der Waals surface area contributed by atoms with Gasteiger partial charge < -0.3 is 14.8 Å². The lowest BCUT2D eigenvalue weighted by Crippen LogP contribution is -2.42. The van der Waals surface area contributed by atoms with E-state index in [0.717, 1.165) is 0 Å². The minimum Gasteiger partial charge on any atom is -0.478 e. The van der Waals surface area contributed by atoms with E-state index in [2.05, 4.69) is 5.32 Å². The summed E-state index contributed by atoms with van der Waals surface area (Å²) < 4.78 is 44.2. The molecule has 1 aliphatic rings. The first kappa shape index (κ1) is 17.4. The zero-order valence-corrected chi connectivity index (χ0v) is 12.6. The molecule has 1 aromatic heterocycles. The SMILES string of the molecule is Cc1oc(CNC(=O)C2CCCCC2C(F)(F)F)cc1C(=O)O. The molecule has 5 nitrogen and oxygen atoms in total. The topological polar surface area (TPSA) is 79.5 Å². The van der Waals surface area contributed by atoms with Crippen LogP contribution in [0.2, 0.25) is 0 Å². The van der Waals surface area contributed by atoms with Crippen LogP contribution in [0.15, 0.2) is 10.5 Å².